The molecule has 10 heteroatoms. The number of primary amides is 1. The van der Waals surface area contributed by atoms with E-state index in [1.165, 1.54) is 0 Å². The molecule has 0 aliphatic carbocycles. The van der Waals surface area contributed by atoms with Crippen LogP contribution in [0.1, 0.15) is 11.3 Å². The fraction of sp³-hybridized carbons (Fsp3) is 0.333. The maximum Gasteiger partial charge on any atom is 0.482 e. The minimum absolute atomic E-state index is 0.116. The lowest BCUT2D eigenvalue weighted by Gasteiger charge is -2.04. The van der Waals surface area contributed by atoms with E-state index in [9.17, 15) is 27.4 Å². The third-order valence-electron chi connectivity index (χ3n) is 2.00. The molecule has 1 atom stereocenters. The zero-order valence-corrected chi connectivity index (χ0v) is 10.5. The lowest BCUT2D eigenvalue weighted by molar-refractivity contribution is -0.915. The number of urea groups is 1. The van der Waals surface area contributed by atoms with E-state index in [0.29, 0.717) is 6.07 Å². The molecule has 1 heterocycles. The largest absolute Gasteiger partial charge is 0.482 e. The molecular weight excluding hydrogens is 287 g/mol. The number of nitrogens with zero attached hydrogens (tertiary/aromatic N) is 2. The molecule has 2 amide bonds. The number of carbonyl (C=O) groups is 1. The number of alkyl halides is 3. The van der Waals surface area contributed by atoms with Crippen molar-refractivity contribution >= 4 is 15.8 Å². The number of carbonyl (C=O) groups excluding carboxylic acids is 1. The number of hydrogen-bond acceptors (Lipinski definition) is 3. The predicted octanol–water partition coefficient (Wildman–Crippen LogP) is 0.907. The van der Waals surface area contributed by atoms with Crippen LogP contribution < -0.4 is 10.5 Å². The maximum atomic E-state index is 12.4. The first-order chi connectivity index (χ1) is 8.51. The number of hydrogen-bond donors (Lipinski definition) is 2. The van der Waals surface area contributed by atoms with Crippen LogP contribution in [0, 0.1) is 0 Å². The highest BCUT2D eigenvalue weighted by Gasteiger charge is 2.42. The van der Waals surface area contributed by atoms with Gasteiger partial charge in [-0.2, -0.15) is 13.2 Å². The van der Waals surface area contributed by atoms with Crippen molar-refractivity contribution in [2.75, 3.05) is 6.26 Å². The summed E-state index contributed by atoms with van der Waals surface area (Å²) < 4.78 is 51.9. The van der Waals surface area contributed by atoms with Gasteiger partial charge in [-0.1, -0.05) is 0 Å². The van der Waals surface area contributed by atoms with E-state index < -0.39 is 27.6 Å². The van der Waals surface area contributed by atoms with E-state index in [1.54, 1.807) is 0 Å². The van der Waals surface area contributed by atoms with Crippen LogP contribution in [-0.4, -0.2) is 21.7 Å². The van der Waals surface area contributed by atoms with Crippen LogP contribution in [0.3, 0.4) is 0 Å². The third-order valence-corrected chi connectivity index (χ3v) is 3.43. The van der Waals surface area contributed by atoms with Crippen LogP contribution in [0.4, 0.5) is 18.0 Å². The molecule has 0 aliphatic rings. The molecule has 6 nitrogen and oxygen atoms in total. The number of nitrogens with two attached hydrogens (primary N) is 1. The van der Waals surface area contributed by atoms with Crippen LogP contribution >= 0.6 is 0 Å². The van der Waals surface area contributed by atoms with Gasteiger partial charge in [-0.25, -0.2) is 9.00 Å². The lowest BCUT2D eigenvalue weighted by Crippen LogP contribution is -2.39. The number of aromatic nitrogens is 1. The second kappa shape index (κ2) is 5.03. The molecule has 0 aliphatic heterocycles. The van der Waals surface area contributed by atoms with Gasteiger partial charge in [0.2, 0.25) is 6.20 Å². The standard InChI is InChI=1S/C9H10F3N3O3S/c1-19(18,14-8(13)16)5-6-2-3-7(9(10,11)12)15(17)4-6/h2-4H,5H2,1H3,(H2-,13,16,17)/p+1. The minimum Gasteiger partial charge on any atom is -0.349 e. The third kappa shape index (κ3) is 4.39. The summed E-state index contributed by atoms with van der Waals surface area (Å²) in [6.45, 7) is 0. The Morgan fingerprint density at radius 3 is 2.53 bits per heavy atom. The van der Waals surface area contributed by atoms with Crippen LogP contribution in [0.2, 0.25) is 0 Å². The zero-order valence-electron chi connectivity index (χ0n) is 9.72. The monoisotopic (exact) mass is 298 g/mol. The Bertz CT molecular complexity index is 621. The van der Waals surface area contributed by atoms with E-state index in [0.717, 1.165) is 18.5 Å². The van der Waals surface area contributed by atoms with Crippen LogP contribution in [0.5, 0.6) is 0 Å². The van der Waals surface area contributed by atoms with Gasteiger partial charge in [0.05, 0.1) is 15.5 Å². The Hall–Kier alpha value is -1.84. The Morgan fingerprint density at radius 1 is 1.53 bits per heavy atom. The number of rotatable bonds is 2. The summed E-state index contributed by atoms with van der Waals surface area (Å²) in [6.07, 6.45) is -2.82. The van der Waals surface area contributed by atoms with Crippen molar-refractivity contribution in [3.63, 3.8) is 0 Å². The van der Waals surface area contributed by atoms with Crippen molar-refractivity contribution in [1.29, 1.82) is 0 Å². The molecule has 1 unspecified atom stereocenters. The molecule has 0 spiro atoms. The highest BCUT2D eigenvalue weighted by Crippen LogP contribution is 2.26. The summed E-state index contributed by atoms with van der Waals surface area (Å²) in [5.41, 5.74) is 3.60. The first-order valence-electron chi connectivity index (χ1n) is 4.81. The van der Waals surface area contributed by atoms with Crippen LogP contribution in [0.25, 0.3) is 0 Å². The van der Waals surface area contributed by atoms with Gasteiger partial charge in [-0.05, 0) is 6.07 Å². The van der Waals surface area contributed by atoms with Gasteiger partial charge < -0.3 is 5.73 Å². The molecule has 3 N–H and O–H groups in total. The molecule has 1 rings (SSSR count). The van der Waals surface area contributed by atoms with Gasteiger partial charge in [-0.3, -0.25) is 5.21 Å². The van der Waals surface area contributed by atoms with Crippen molar-refractivity contribution in [1.82, 2.24) is 0 Å². The summed E-state index contributed by atoms with van der Waals surface area (Å²) in [7, 11) is -3.00. The fourth-order valence-corrected chi connectivity index (χ4v) is 2.61. The normalized spacial score (nSPS) is 14.7. The molecule has 0 fully saturated rings. The van der Waals surface area contributed by atoms with Gasteiger partial charge in [0.1, 0.15) is 0 Å². The van der Waals surface area contributed by atoms with Gasteiger partial charge in [-0.15, -0.1) is 4.36 Å². The molecule has 0 bridgehead atoms. The van der Waals surface area contributed by atoms with E-state index in [2.05, 4.69) is 4.36 Å². The second-order valence-corrected chi connectivity index (χ2v) is 6.19. The van der Waals surface area contributed by atoms with Crippen molar-refractivity contribution in [3.05, 3.63) is 29.6 Å². The van der Waals surface area contributed by atoms with Gasteiger partial charge in [0, 0.05) is 22.6 Å². The highest BCUT2D eigenvalue weighted by atomic mass is 32.2. The summed E-state index contributed by atoms with van der Waals surface area (Å²) in [6, 6.07) is 0.543. The van der Waals surface area contributed by atoms with Crippen molar-refractivity contribution < 1.29 is 32.1 Å². The van der Waals surface area contributed by atoms with E-state index in [4.69, 9.17) is 5.73 Å². The Labute approximate surface area is 106 Å². The summed E-state index contributed by atoms with van der Waals surface area (Å²) in [5, 5.41) is 9.19. The van der Waals surface area contributed by atoms with Gasteiger partial charge in [0.25, 0.3) is 0 Å². The first-order valence-corrected chi connectivity index (χ1v) is 6.91. The topological polar surface area (TPSA) is 96.6 Å². The molecule has 0 saturated carbocycles. The SMILES string of the molecule is CS(=O)(Cc1ccc(C(F)(F)F)[n+](O)c1)=NC(N)=O. The predicted molar refractivity (Wildman–Crippen MR) is 58.6 cm³/mol. The molecule has 1 aromatic heterocycles. The van der Waals surface area contributed by atoms with Crippen molar-refractivity contribution in [2.45, 2.75) is 11.9 Å². The minimum atomic E-state index is -4.71. The molecule has 106 valence electrons. The van der Waals surface area contributed by atoms with Gasteiger partial charge in [0.15, 0.2) is 0 Å². The highest BCUT2D eigenvalue weighted by molar-refractivity contribution is 7.92. The first kappa shape index (κ1) is 15.2. The molecule has 0 aromatic carbocycles. The smallest absolute Gasteiger partial charge is 0.349 e. The van der Waals surface area contributed by atoms with E-state index in [1.807, 2.05) is 0 Å². The Kier molecular flexibility index (Phi) is 4.03. The number of pyridine rings is 1. The average molecular weight is 298 g/mol. The summed E-state index contributed by atoms with van der Waals surface area (Å²) in [4.78, 5) is 10.5. The molecule has 1 aromatic rings. The maximum absolute atomic E-state index is 12.4. The molecular formula is C9H11F3N3O3S+. The second-order valence-electron chi connectivity index (χ2n) is 3.80. The van der Waals surface area contributed by atoms with Crippen molar-refractivity contribution in [2.24, 2.45) is 10.1 Å². The lowest BCUT2D eigenvalue weighted by atomic mass is 10.2. The number of halogens is 3. The zero-order chi connectivity index (χ0) is 14.8. The van der Waals surface area contributed by atoms with Gasteiger partial charge >= 0.3 is 17.9 Å². The molecule has 19 heavy (non-hydrogen) atoms. The average Bonchev–Trinajstić information content (AvgIpc) is 2.11. The van der Waals surface area contributed by atoms with Crippen LogP contribution in [-0.2, 0) is 21.7 Å². The van der Waals surface area contributed by atoms with Crippen molar-refractivity contribution in [3.8, 4) is 0 Å². The summed E-state index contributed by atoms with van der Waals surface area (Å²) in [5.74, 6) is -0.311. The summed E-state index contributed by atoms with van der Waals surface area (Å²) >= 11 is 0. The van der Waals surface area contributed by atoms with E-state index in [-0.39, 0.29) is 16.0 Å². The number of amides is 2. The quantitative estimate of drug-likeness (QED) is 0.627. The van der Waals surface area contributed by atoms with E-state index >= 15 is 0 Å². The molecule has 0 radical (unpaired) electrons. The Balaban J connectivity index is 3.11. The Morgan fingerprint density at radius 2 is 2.11 bits per heavy atom. The fourth-order valence-electron chi connectivity index (χ4n) is 1.37. The van der Waals surface area contributed by atoms with Crippen LogP contribution in [0.15, 0.2) is 22.7 Å². The molecule has 0 saturated heterocycles.